The van der Waals surface area contributed by atoms with E-state index in [0.29, 0.717) is 16.3 Å². The summed E-state index contributed by atoms with van der Waals surface area (Å²) in [5.74, 6) is -0.854. The molecule has 40 heavy (non-hydrogen) atoms. The minimum Gasteiger partial charge on any atom is -0.350 e. The Morgan fingerprint density at radius 3 is 2.02 bits per heavy atom. The summed E-state index contributed by atoms with van der Waals surface area (Å²) >= 11 is 6.49. The zero-order chi connectivity index (χ0) is 29.7. The number of hydrogen-bond acceptors (Lipinski definition) is 4. The summed E-state index contributed by atoms with van der Waals surface area (Å²) in [5.41, 5.74) is 2.86. The Labute approximate surface area is 243 Å². The van der Waals surface area contributed by atoms with Crippen LogP contribution < -0.4 is 9.62 Å². The van der Waals surface area contributed by atoms with Gasteiger partial charge in [-0.3, -0.25) is 13.9 Å². The van der Waals surface area contributed by atoms with E-state index in [0.717, 1.165) is 27.3 Å². The van der Waals surface area contributed by atoms with Crippen molar-refractivity contribution in [2.24, 2.45) is 0 Å². The number of nitrogens with zero attached hydrogens (tertiary/aromatic N) is 2. The molecule has 0 aliphatic rings. The van der Waals surface area contributed by atoms with Crippen LogP contribution in [0.3, 0.4) is 0 Å². The highest BCUT2D eigenvalue weighted by atomic mass is 35.5. The van der Waals surface area contributed by atoms with Gasteiger partial charge in [0.1, 0.15) is 12.6 Å². The lowest BCUT2D eigenvalue weighted by Gasteiger charge is -2.35. The topological polar surface area (TPSA) is 86.8 Å². The predicted molar refractivity (Wildman–Crippen MR) is 162 cm³/mol. The number of halogens is 1. The van der Waals surface area contributed by atoms with Gasteiger partial charge in [0.05, 0.1) is 11.9 Å². The zero-order valence-electron chi connectivity index (χ0n) is 23.9. The highest BCUT2D eigenvalue weighted by molar-refractivity contribution is 7.92. The molecule has 3 aromatic rings. The van der Waals surface area contributed by atoms with Gasteiger partial charge >= 0.3 is 0 Å². The van der Waals surface area contributed by atoms with Crippen LogP contribution in [0.25, 0.3) is 0 Å². The first-order valence-electron chi connectivity index (χ1n) is 13.1. The Morgan fingerprint density at radius 2 is 1.48 bits per heavy atom. The molecule has 0 aromatic heterocycles. The maximum absolute atomic E-state index is 14.2. The van der Waals surface area contributed by atoms with Crippen LogP contribution >= 0.6 is 11.6 Å². The fourth-order valence-corrected chi connectivity index (χ4v) is 5.75. The van der Waals surface area contributed by atoms with Crippen LogP contribution in [-0.4, -0.2) is 49.5 Å². The Balaban J connectivity index is 2.12. The van der Waals surface area contributed by atoms with Gasteiger partial charge in [-0.2, -0.15) is 0 Å². The first-order valence-corrected chi connectivity index (χ1v) is 15.3. The van der Waals surface area contributed by atoms with Crippen molar-refractivity contribution < 1.29 is 18.0 Å². The van der Waals surface area contributed by atoms with Crippen molar-refractivity contribution in [1.29, 1.82) is 0 Å². The zero-order valence-corrected chi connectivity index (χ0v) is 25.5. The second kappa shape index (κ2) is 12.9. The Kier molecular flexibility index (Phi) is 10.0. The molecule has 3 rings (SSSR count). The Bertz CT molecular complexity index is 1430. The molecule has 0 saturated carbocycles. The van der Waals surface area contributed by atoms with Gasteiger partial charge in [0, 0.05) is 23.5 Å². The van der Waals surface area contributed by atoms with E-state index < -0.39 is 34.1 Å². The summed E-state index contributed by atoms with van der Waals surface area (Å²) in [6.07, 6.45) is 1.32. The van der Waals surface area contributed by atoms with E-state index in [1.807, 2.05) is 89.2 Å². The van der Waals surface area contributed by atoms with Gasteiger partial charge in [0.25, 0.3) is 0 Å². The summed E-state index contributed by atoms with van der Waals surface area (Å²) in [5, 5.41) is 3.46. The molecule has 0 fully saturated rings. The number of anilines is 1. The summed E-state index contributed by atoms with van der Waals surface area (Å²) in [4.78, 5) is 29.4. The molecule has 1 atom stereocenters. The normalized spacial score (nSPS) is 12.5. The minimum atomic E-state index is -3.85. The number of aryl methyl sites for hydroxylation is 2. The predicted octanol–water partition coefficient (Wildman–Crippen LogP) is 5.28. The van der Waals surface area contributed by atoms with Crippen molar-refractivity contribution >= 4 is 39.1 Å². The molecule has 214 valence electrons. The number of nitrogens with one attached hydrogen (secondary N) is 1. The number of amides is 2. The summed E-state index contributed by atoms with van der Waals surface area (Å²) in [6, 6.07) is 21.1. The molecule has 0 aliphatic carbocycles. The minimum absolute atomic E-state index is 0.0257. The number of rotatable bonds is 10. The van der Waals surface area contributed by atoms with Gasteiger partial charge in [-0.25, -0.2) is 8.42 Å². The van der Waals surface area contributed by atoms with E-state index in [-0.39, 0.29) is 18.9 Å². The quantitative estimate of drug-likeness (QED) is 0.352. The van der Waals surface area contributed by atoms with Crippen molar-refractivity contribution in [3.63, 3.8) is 0 Å². The van der Waals surface area contributed by atoms with Crippen LogP contribution in [-0.2, 0) is 32.6 Å². The van der Waals surface area contributed by atoms with E-state index in [1.54, 1.807) is 18.2 Å². The van der Waals surface area contributed by atoms with Crippen LogP contribution in [0.15, 0.2) is 72.8 Å². The standard InChI is InChI=1S/C31H38ClN3O4S/c1-22-13-12-14-23(2)29(22)35(40(6,38)39)21-28(36)34(20-25-17-10-11-18-26(25)32)27(30(37)33-31(3,4)5)19-24-15-8-7-9-16-24/h7-18,27H,19-21H2,1-6H3,(H,33,37)/t27-/m0/s1. The van der Waals surface area contributed by atoms with Crippen molar-refractivity contribution in [2.75, 3.05) is 17.1 Å². The van der Waals surface area contributed by atoms with E-state index in [9.17, 15) is 18.0 Å². The second-order valence-corrected chi connectivity index (χ2v) is 13.4. The number of carbonyl (C=O) groups excluding carboxylic acids is 2. The third-order valence-corrected chi connectivity index (χ3v) is 7.92. The average molecular weight is 584 g/mol. The van der Waals surface area contributed by atoms with Gasteiger partial charge in [0.2, 0.25) is 21.8 Å². The number of carbonyl (C=O) groups is 2. The van der Waals surface area contributed by atoms with E-state index in [1.165, 1.54) is 4.90 Å². The van der Waals surface area contributed by atoms with Gasteiger partial charge in [-0.1, -0.05) is 78.3 Å². The molecule has 0 radical (unpaired) electrons. The highest BCUT2D eigenvalue weighted by Gasteiger charge is 2.35. The average Bonchev–Trinajstić information content (AvgIpc) is 2.85. The maximum Gasteiger partial charge on any atom is 0.244 e. The number of para-hydroxylation sites is 1. The summed E-state index contributed by atoms with van der Waals surface area (Å²) in [7, 11) is -3.85. The summed E-state index contributed by atoms with van der Waals surface area (Å²) < 4.78 is 27.2. The van der Waals surface area contributed by atoms with Crippen molar-refractivity contribution in [2.45, 2.75) is 59.2 Å². The SMILES string of the molecule is Cc1cccc(C)c1N(CC(=O)N(Cc1ccccc1Cl)[C@@H](Cc1ccccc1)C(=O)NC(C)(C)C)S(C)(=O)=O. The molecule has 0 saturated heterocycles. The molecule has 0 unspecified atom stereocenters. The van der Waals surface area contributed by atoms with Crippen LogP contribution in [0.2, 0.25) is 5.02 Å². The molecule has 2 amide bonds. The maximum atomic E-state index is 14.2. The lowest BCUT2D eigenvalue weighted by atomic mass is 10.0. The second-order valence-electron chi connectivity index (χ2n) is 11.1. The molecule has 0 spiro atoms. The van der Waals surface area contributed by atoms with E-state index >= 15 is 0 Å². The lowest BCUT2D eigenvalue weighted by Crippen LogP contribution is -2.56. The molecule has 3 aromatic carbocycles. The van der Waals surface area contributed by atoms with Crippen LogP contribution in [0.5, 0.6) is 0 Å². The van der Waals surface area contributed by atoms with Crippen molar-refractivity contribution in [3.8, 4) is 0 Å². The van der Waals surface area contributed by atoms with Crippen LogP contribution in [0.1, 0.15) is 43.0 Å². The summed E-state index contributed by atoms with van der Waals surface area (Å²) in [6.45, 7) is 8.79. The fourth-order valence-electron chi connectivity index (χ4n) is 4.59. The molecular weight excluding hydrogens is 546 g/mol. The van der Waals surface area contributed by atoms with E-state index in [4.69, 9.17) is 11.6 Å². The number of benzene rings is 3. The first kappa shape index (κ1) is 31.2. The Morgan fingerprint density at radius 1 is 0.900 bits per heavy atom. The van der Waals surface area contributed by atoms with Crippen LogP contribution in [0, 0.1) is 13.8 Å². The van der Waals surface area contributed by atoms with Crippen molar-refractivity contribution in [3.05, 3.63) is 100 Å². The monoisotopic (exact) mass is 583 g/mol. The van der Waals surface area contributed by atoms with Gasteiger partial charge < -0.3 is 10.2 Å². The molecule has 7 nitrogen and oxygen atoms in total. The highest BCUT2D eigenvalue weighted by Crippen LogP contribution is 2.28. The molecule has 0 heterocycles. The number of hydrogen-bond donors (Lipinski definition) is 1. The van der Waals surface area contributed by atoms with Gasteiger partial charge in [-0.05, 0) is 62.9 Å². The first-order chi connectivity index (χ1) is 18.7. The fraction of sp³-hybridized carbons (Fsp3) is 0.355. The molecular formula is C31H38ClN3O4S. The molecule has 0 bridgehead atoms. The van der Waals surface area contributed by atoms with Gasteiger partial charge in [0.15, 0.2) is 0 Å². The third-order valence-electron chi connectivity index (χ3n) is 6.44. The molecule has 9 heteroatoms. The van der Waals surface area contributed by atoms with E-state index in [2.05, 4.69) is 5.32 Å². The number of sulfonamides is 1. The third kappa shape index (κ3) is 8.32. The Hall–Kier alpha value is -3.36. The van der Waals surface area contributed by atoms with Crippen LogP contribution in [0.4, 0.5) is 5.69 Å². The lowest BCUT2D eigenvalue weighted by molar-refractivity contribution is -0.140. The van der Waals surface area contributed by atoms with Gasteiger partial charge in [-0.15, -0.1) is 0 Å². The molecule has 1 N–H and O–H groups in total. The van der Waals surface area contributed by atoms with Crippen molar-refractivity contribution in [1.82, 2.24) is 10.2 Å². The smallest absolute Gasteiger partial charge is 0.244 e. The molecule has 0 aliphatic heterocycles. The largest absolute Gasteiger partial charge is 0.350 e.